The lowest BCUT2D eigenvalue weighted by atomic mass is 10.1. The summed E-state index contributed by atoms with van der Waals surface area (Å²) in [7, 11) is 0. The predicted molar refractivity (Wildman–Crippen MR) is 135 cm³/mol. The Morgan fingerprint density at radius 2 is 1.54 bits per heavy atom. The molecule has 35 heavy (non-hydrogen) atoms. The fourth-order valence-corrected chi connectivity index (χ4v) is 4.14. The Kier molecular flexibility index (Phi) is 6.48. The highest BCUT2D eigenvalue weighted by Crippen LogP contribution is 2.24. The molecule has 0 unspecified atom stereocenters. The van der Waals surface area contributed by atoms with Crippen LogP contribution in [0, 0.1) is 13.8 Å². The molecule has 0 aliphatic carbocycles. The van der Waals surface area contributed by atoms with Crippen molar-refractivity contribution in [2.75, 3.05) is 31.1 Å². The number of amides is 1. The van der Waals surface area contributed by atoms with Crippen LogP contribution in [0.1, 0.15) is 27.4 Å². The Bertz CT molecular complexity index is 1290. The number of carbonyl (C=O) groups is 1. The number of nitrogens with zero attached hydrogens (tertiary/aromatic N) is 4. The van der Waals surface area contributed by atoms with Crippen molar-refractivity contribution in [3.8, 4) is 17.1 Å². The maximum atomic E-state index is 13.3. The third-order valence-electron chi connectivity index (χ3n) is 6.21. The molecule has 2 heterocycles. The molecule has 0 atom stereocenters. The van der Waals surface area contributed by atoms with Gasteiger partial charge in [0.25, 0.3) is 11.8 Å². The number of hydrogen-bond donors (Lipinski definition) is 0. The summed E-state index contributed by atoms with van der Waals surface area (Å²) >= 11 is 0. The van der Waals surface area contributed by atoms with E-state index in [0.717, 1.165) is 18.7 Å². The summed E-state index contributed by atoms with van der Waals surface area (Å²) in [5, 5.41) is 4.05. The number of anilines is 1. The number of aromatic nitrogens is 2. The number of rotatable bonds is 6. The number of ether oxygens (including phenoxy) is 1. The summed E-state index contributed by atoms with van der Waals surface area (Å²) in [4.78, 5) is 21.9. The van der Waals surface area contributed by atoms with E-state index >= 15 is 0 Å². The summed E-state index contributed by atoms with van der Waals surface area (Å²) < 4.78 is 11.3. The first-order chi connectivity index (χ1) is 17.1. The second-order valence-corrected chi connectivity index (χ2v) is 8.78. The number of para-hydroxylation sites is 1. The van der Waals surface area contributed by atoms with E-state index in [1.54, 1.807) is 12.1 Å². The van der Waals surface area contributed by atoms with Crippen molar-refractivity contribution in [3.05, 3.63) is 95.4 Å². The maximum absolute atomic E-state index is 13.3. The molecule has 4 aromatic rings. The van der Waals surface area contributed by atoms with Gasteiger partial charge in [0.2, 0.25) is 5.82 Å². The first-order valence-electron chi connectivity index (χ1n) is 11.8. The van der Waals surface area contributed by atoms with E-state index in [4.69, 9.17) is 9.26 Å². The lowest BCUT2D eigenvalue weighted by Crippen LogP contribution is -2.48. The molecule has 7 heteroatoms. The zero-order valence-electron chi connectivity index (χ0n) is 20.0. The molecule has 1 aliphatic rings. The minimum absolute atomic E-state index is 0.0324. The molecule has 3 aromatic carbocycles. The molecule has 7 nitrogen and oxygen atoms in total. The van der Waals surface area contributed by atoms with Crippen molar-refractivity contribution in [1.29, 1.82) is 0 Å². The van der Waals surface area contributed by atoms with Crippen LogP contribution < -0.4 is 9.64 Å². The molecule has 1 amide bonds. The summed E-state index contributed by atoms with van der Waals surface area (Å²) in [6, 6.07) is 23.7. The Morgan fingerprint density at radius 3 is 2.26 bits per heavy atom. The number of piperazine rings is 1. The minimum Gasteiger partial charge on any atom is -0.483 e. The van der Waals surface area contributed by atoms with Gasteiger partial charge >= 0.3 is 0 Å². The van der Waals surface area contributed by atoms with Gasteiger partial charge in [-0.05, 0) is 38.1 Å². The van der Waals surface area contributed by atoms with Gasteiger partial charge in [0, 0.05) is 37.4 Å². The minimum atomic E-state index is -0.0324. The quantitative estimate of drug-likeness (QED) is 0.401. The zero-order valence-corrected chi connectivity index (χ0v) is 20.0. The fourth-order valence-electron chi connectivity index (χ4n) is 4.14. The summed E-state index contributed by atoms with van der Waals surface area (Å²) in [6.07, 6.45) is 0. The van der Waals surface area contributed by atoms with E-state index in [0.29, 0.717) is 36.1 Å². The van der Waals surface area contributed by atoms with E-state index in [-0.39, 0.29) is 12.5 Å². The highest BCUT2D eigenvalue weighted by atomic mass is 16.5. The van der Waals surface area contributed by atoms with Crippen molar-refractivity contribution in [2.45, 2.75) is 20.5 Å². The fraction of sp³-hybridized carbons (Fsp3) is 0.250. The molecule has 0 spiro atoms. The molecule has 1 aromatic heterocycles. The molecule has 1 fully saturated rings. The van der Waals surface area contributed by atoms with E-state index < -0.39 is 0 Å². The van der Waals surface area contributed by atoms with Crippen molar-refractivity contribution in [1.82, 2.24) is 15.0 Å². The lowest BCUT2D eigenvalue weighted by molar-refractivity contribution is 0.0741. The first kappa shape index (κ1) is 22.7. The van der Waals surface area contributed by atoms with Gasteiger partial charge in [-0.15, -0.1) is 0 Å². The number of benzene rings is 3. The number of carbonyl (C=O) groups excluding carboxylic acids is 1. The van der Waals surface area contributed by atoms with E-state index in [9.17, 15) is 4.79 Å². The molecule has 0 bridgehead atoms. The Labute approximate surface area is 204 Å². The second kappa shape index (κ2) is 10.0. The standard InChI is InChI=1S/C28H28N4O3/c1-20-7-11-22(12-8-20)27-29-26(35-30-27)19-34-25-6-4-3-5-24(25)28(33)32-17-15-31(16-18-32)23-13-9-21(2)10-14-23/h3-14H,15-19H2,1-2H3. The highest BCUT2D eigenvalue weighted by molar-refractivity contribution is 5.97. The Hall–Kier alpha value is -4.13. The molecule has 5 rings (SSSR count). The van der Waals surface area contributed by atoms with Gasteiger partial charge in [-0.3, -0.25) is 4.79 Å². The van der Waals surface area contributed by atoms with Gasteiger partial charge in [-0.25, -0.2) is 0 Å². The first-order valence-corrected chi connectivity index (χ1v) is 11.8. The Balaban J connectivity index is 1.22. The van der Waals surface area contributed by atoms with E-state index in [2.05, 4.69) is 46.2 Å². The topological polar surface area (TPSA) is 71.7 Å². The molecule has 178 valence electrons. The van der Waals surface area contributed by atoms with Crippen molar-refractivity contribution in [3.63, 3.8) is 0 Å². The van der Waals surface area contributed by atoms with E-state index in [1.807, 2.05) is 48.2 Å². The highest BCUT2D eigenvalue weighted by Gasteiger charge is 2.24. The van der Waals surface area contributed by atoms with Crippen LogP contribution in [0.4, 0.5) is 5.69 Å². The number of hydrogen-bond acceptors (Lipinski definition) is 6. The van der Waals surface area contributed by atoms with Crippen LogP contribution in [-0.4, -0.2) is 47.1 Å². The second-order valence-electron chi connectivity index (χ2n) is 8.78. The van der Waals surface area contributed by atoms with Crippen LogP contribution in [0.3, 0.4) is 0 Å². The zero-order chi connectivity index (χ0) is 24.2. The van der Waals surface area contributed by atoms with Gasteiger partial charge in [0.15, 0.2) is 6.61 Å². The van der Waals surface area contributed by atoms with Gasteiger partial charge in [0.05, 0.1) is 5.56 Å². The van der Waals surface area contributed by atoms with Crippen LogP contribution in [0.2, 0.25) is 0 Å². The van der Waals surface area contributed by atoms with Gasteiger partial charge < -0.3 is 19.1 Å². The van der Waals surface area contributed by atoms with Gasteiger partial charge in [0.1, 0.15) is 5.75 Å². The van der Waals surface area contributed by atoms with E-state index in [1.165, 1.54) is 16.8 Å². The van der Waals surface area contributed by atoms with Crippen LogP contribution in [-0.2, 0) is 6.61 Å². The third-order valence-corrected chi connectivity index (χ3v) is 6.21. The van der Waals surface area contributed by atoms with Crippen LogP contribution >= 0.6 is 0 Å². The van der Waals surface area contributed by atoms with Gasteiger partial charge in [-0.1, -0.05) is 64.8 Å². The Morgan fingerprint density at radius 1 is 0.886 bits per heavy atom. The van der Waals surface area contributed by atoms with Crippen LogP contribution in [0.5, 0.6) is 5.75 Å². The van der Waals surface area contributed by atoms with Crippen LogP contribution in [0.25, 0.3) is 11.4 Å². The molecular formula is C28H28N4O3. The lowest BCUT2D eigenvalue weighted by Gasteiger charge is -2.36. The molecule has 1 saturated heterocycles. The average molecular weight is 469 g/mol. The summed E-state index contributed by atoms with van der Waals surface area (Å²) in [5.74, 6) is 1.34. The van der Waals surface area contributed by atoms with Crippen molar-refractivity contribution in [2.24, 2.45) is 0 Å². The van der Waals surface area contributed by atoms with Crippen LogP contribution in [0.15, 0.2) is 77.3 Å². The predicted octanol–water partition coefficient (Wildman–Crippen LogP) is 4.89. The van der Waals surface area contributed by atoms with Gasteiger partial charge in [-0.2, -0.15) is 4.98 Å². The number of aryl methyl sites for hydroxylation is 2. The third kappa shape index (κ3) is 5.19. The van der Waals surface area contributed by atoms with Crippen molar-refractivity contribution < 1.29 is 14.1 Å². The monoisotopic (exact) mass is 468 g/mol. The summed E-state index contributed by atoms with van der Waals surface area (Å²) in [5.41, 5.74) is 5.02. The molecular weight excluding hydrogens is 440 g/mol. The largest absolute Gasteiger partial charge is 0.483 e. The summed E-state index contributed by atoms with van der Waals surface area (Å²) in [6.45, 7) is 7.10. The normalized spacial score (nSPS) is 13.7. The molecule has 0 N–H and O–H groups in total. The maximum Gasteiger partial charge on any atom is 0.264 e. The SMILES string of the molecule is Cc1ccc(-c2noc(COc3ccccc3C(=O)N3CCN(c4ccc(C)cc4)CC3)n2)cc1. The molecule has 1 aliphatic heterocycles. The smallest absolute Gasteiger partial charge is 0.264 e. The molecule has 0 saturated carbocycles. The average Bonchev–Trinajstić information content (AvgIpc) is 3.37. The molecule has 0 radical (unpaired) electrons. The van der Waals surface area contributed by atoms with Crippen molar-refractivity contribution >= 4 is 11.6 Å².